The number of hydrogen-bond acceptors (Lipinski definition) is 4. The average molecular weight is 489 g/mol. The molecule has 0 saturated carbocycles. The highest BCUT2D eigenvalue weighted by Gasteiger charge is 2.19. The lowest BCUT2D eigenvalue weighted by Crippen LogP contribution is -2.36. The van der Waals surface area contributed by atoms with Crippen LogP contribution in [0.1, 0.15) is 21.5 Å². The van der Waals surface area contributed by atoms with E-state index in [0.717, 1.165) is 22.4 Å². The summed E-state index contributed by atoms with van der Waals surface area (Å²) in [5.74, 6) is 0.0735. The fourth-order valence-corrected chi connectivity index (χ4v) is 3.65. The van der Waals surface area contributed by atoms with E-state index in [1.54, 1.807) is 30.1 Å². The molecule has 0 saturated heterocycles. The number of carbonyl (C=O) groups excluding carboxylic acids is 2. The lowest BCUT2D eigenvalue weighted by Gasteiger charge is -2.08. The van der Waals surface area contributed by atoms with Gasteiger partial charge in [-0.2, -0.15) is 5.10 Å². The van der Waals surface area contributed by atoms with Crippen molar-refractivity contribution in [3.8, 4) is 17.0 Å². The van der Waals surface area contributed by atoms with Gasteiger partial charge in [-0.1, -0.05) is 66.2 Å². The fourth-order valence-electron chi connectivity index (χ4n) is 3.52. The molecule has 0 aliphatic carbocycles. The molecule has 4 aromatic rings. The Balaban J connectivity index is 1.44. The zero-order valence-corrected chi connectivity index (χ0v) is 20.0. The number of aromatic nitrogens is 2. The molecule has 0 radical (unpaired) electrons. The van der Waals surface area contributed by atoms with Gasteiger partial charge < -0.3 is 15.4 Å². The predicted molar refractivity (Wildman–Crippen MR) is 135 cm³/mol. The molecule has 1 aromatic heterocycles. The van der Waals surface area contributed by atoms with Crippen LogP contribution in [0, 0.1) is 0 Å². The highest BCUT2D eigenvalue weighted by molar-refractivity contribution is 6.30. The molecule has 0 aliphatic heterocycles. The molecule has 3 aromatic carbocycles. The van der Waals surface area contributed by atoms with Crippen LogP contribution in [0.15, 0.2) is 85.1 Å². The van der Waals surface area contributed by atoms with Crippen molar-refractivity contribution in [1.29, 1.82) is 0 Å². The topological polar surface area (TPSA) is 85.3 Å². The zero-order chi connectivity index (χ0) is 24.6. The minimum Gasteiger partial charge on any atom is -0.497 e. The van der Waals surface area contributed by atoms with Crippen molar-refractivity contribution in [2.45, 2.75) is 13.1 Å². The molecule has 2 N–H and O–H groups in total. The summed E-state index contributed by atoms with van der Waals surface area (Å²) in [5.41, 5.74) is 3.65. The Bertz CT molecular complexity index is 1290. The van der Waals surface area contributed by atoms with E-state index in [2.05, 4.69) is 15.7 Å². The molecule has 2 amide bonds. The van der Waals surface area contributed by atoms with Gasteiger partial charge in [0.2, 0.25) is 5.91 Å². The molecule has 178 valence electrons. The van der Waals surface area contributed by atoms with Gasteiger partial charge in [0.25, 0.3) is 5.91 Å². The Hall–Kier alpha value is -4.10. The number of carbonyl (C=O) groups is 2. The molecule has 0 aliphatic rings. The van der Waals surface area contributed by atoms with E-state index in [1.165, 1.54) is 0 Å². The number of benzene rings is 3. The number of methoxy groups -OCH3 is 1. The largest absolute Gasteiger partial charge is 0.497 e. The van der Waals surface area contributed by atoms with Crippen LogP contribution in [0.4, 0.5) is 0 Å². The van der Waals surface area contributed by atoms with E-state index < -0.39 is 0 Å². The first-order valence-electron chi connectivity index (χ1n) is 11.1. The van der Waals surface area contributed by atoms with Crippen molar-refractivity contribution in [3.05, 3.63) is 107 Å². The predicted octanol–water partition coefficient (Wildman–Crippen LogP) is 4.31. The molecular formula is C27H25ClN4O3. The van der Waals surface area contributed by atoms with Gasteiger partial charge in [0.15, 0.2) is 0 Å². The number of halogens is 1. The standard InChI is InChI=1S/C27H25ClN4O3/c1-35-23-13-7-19(8-14-23)15-29-25(33)16-30-27(34)24-18-32(17-20-5-3-2-4-6-20)31-26(24)21-9-11-22(28)12-10-21/h2-14,18H,15-17H2,1H3,(H,29,33)(H,30,34). The fraction of sp³-hybridized carbons (Fsp3) is 0.148. The molecule has 1 heterocycles. The number of rotatable bonds is 9. The number of nitrogens with zero attached hydrogens (tertiary/aromatic N) is 2. The van der Waals surface area contributed by atoms with Crippen LogP contribution in [0.25, 0.3) is 11.3 Å². The average Bonchev–Trinajstić information content (AvgIpc) is 3.31. The van der Waals surface area contributed by atoms with Gasteiger partial charge in [-0.05, 0) is 35.4 Å². The van der Waals surface area contributed by atoms with E-state index in [0.29, 0.717) is 29.4 Å². The van der Waals surface area contributed by atoms with Gasteiger partial charge in [-0.15, -0.1) is 0 Å². The van der Waals surface area contributed by atoms with E-state index in [1.807, 2.05) is 66.7 Å². The normalized spacial score (nSPS) is 10.6. The highest BCUT2D eigenvalue weighted by Crippen LogP contribution is 2.24. The summed E-state index contributed by atoms with van der Waals surface area (Å²) < 4.78 is 6.86. The monoisotopic (exact) mass is 488 g/mol. The Kier molecular flexibility index (Phi) is 7.80. The smallest absolute Gasteiger partial charge is 0.255 e. The first kappa shape index (κ1) is 24.0. The van der Waals surface area contributed by atoms with Crippen molar-refractivity contribution in [2.75, 3.05) is 13.7 Å². The second-order valence-electron chi connectivity index (χ2n) is 7.89. The molecule has 7 nitrogen and oxygen atoms in total. The lowest BCUT2D eigenvalue weighted by molar-refractivity contribution is -0.120. The molecular weight excluding hydrogens is 464 g/mol. The second-order valence-corrected chi connectivity index (χ2v) is 8.33. The van der Waals surface area contributed by atoms with Crippen LogP contribution >= 0.6 is 11.6 Å². The highest BCUT2D eigenvalue weighted by atomic mass is 35.5. The first-order valence-corrected chi connectivity index (χ1v) is 11.4. The number of amides is 2. The molecule has 4 rings (SSSR count). The van der Waals surface area contributed by atoms with Crippen molar-refractivity contribution < 1.29 is 14.3 Å². The van der Waals surface area contributed by atoms with Crippen LogP contribution in [0.5, 0.6) is 5.75 Å². The van der Waals surface area contributed by atoms with E-state index in [-0.39, 0.29) is 18.4 Å². The lowest BCUT2D eigenvalue weighted by atomic mass is 10.1. The van der Waals surface area contributed by atoms with Gasteiger partial charge in [-0.25, -0.2) is 0 Å². The van der Waals surface area contributed by atoms with Crippen LogP contribution in [0.2, 0.25) is 5.02 Å². The molecule has 0 bridgehead atoms. The summed E-state index contributed by atoms with van der Waals surface area (Å²) in [4.78, 5) is 25.4. The van der Waals surface area contributed by atoms with Crippen molar-refractivity contribution >= 4 is 23.4 Å². The zero-order valence-electron chi connectivity index (χ0n) is 19.2. The molecule has 0 fully saturated rings. The SMILES string of the molecule is COc1ccc(CNC(=O)CNC(=O)c2cn(Cc3ccccc3)nc2-c2ccc(Cl)cc2)cc1. The number of nitrogens with one attached hydrogen (secondary N) is 2. The maximum Gasteiger partial charge on any atom is 0.255 e. The number of ether oxygens (including phenoxy) is 1. The van der Waals surface area contributed by atoms with Crippen LogP contribution in [0.3, 0.4) is 0 Å². The maximum absolute atomic E-state index is 13.0. The van der Waals surface area contributed by atoms with Crippen molar-refractivity contribution in [2.24, 2.45) is 0 Å². The molecule has 0 spiro atoms. The van der Waals surface area contributed by atoms with E-state index in [9.17, 15) is 9.59 Å². The summed E-state index contributed by atoms with van der Waals surface area (Å²) in [5, 5.41) is 10.7. The summed E-state index contributed by atoms with van der Waals surface area (Å²) >= 11 is 6.03. The summed E-state index contributed by atoms with van der Waals surface area (Å²) in [6.07, 6.45) is 1.70. The Labute approximate surface area is 208 Å². The Morgan fingerprint density at radius 3 is 2.31 bits per heavy atom. The summed E-state index contributed by atoms with van der Waals surface area (Å²) in [6.45, 7) is 0.708. The summed E-state index contributed by atoms with van der Waals surface area (Å²) in [6, 6.07) is 24.4. The minimum atomic E-state index is -0.381. The van der Waals surface area contributed by atoms with Gasteiger partial charge >= 0.3 is 0 Å². The van der Waals surface area contributed by atoms with Crippen LogP contribution in [-0.2, 0) is 17.9 Å². The number of hydrogen-bond donors (Lipinski definition) is 2. The minimum absolute atomic E-state index is 0.154. The van der Waals surface area contributed by atoms with E-state index >= 15 is 0 Å². The van der Waals surface area contributed by atoms with Gasteiger partial charge in [-0.3, -0.25) is 14.3 Å². The van der Waals surface area contributed by atoms with Crippen LogP contribution < -0.4 is 15.4 Å². The Morgan fingerprint density at radius 1 is 0.914 bits per heavy atom. The Morgan fingerprint density at radius 2 is 1.63 bits per heavy atom. The van der Waals surface area contributed by atoms with Gasteiger partial charge in [0, 0.05) is 23.3 Å². The van der Waals surface area contributed by atoms with Gasteiger partial charge in [0.1, 0.15) is 11.4 Å². The third-order valence-electron chi connectivity index (χ3n) is 5.37. The molecule has 35 heavy (non-hydrogen) atoms. The summed E-state index contributed by atoms with van der Waals surface area (Å²) in [7, 11) is 1.60. The maximum atomic E-state index is 13.0. The quantitative estimate of drug-likeness (QED) is 0.368. The molecule has 8 heteroatoms. The molecule has 0 atom stereocenters. The first-order chi connectivity index (χ1) is 17.0. The van der Waals surface area contributed by atoms with Crippen LogP contribution in [-0.4, -0.2) is 35.2 Å². The van der Waals surface area contributed by atoms with Gasteiger partial charge in [0.05, 0.1) is 25.8 Å². The van der Waals surface area contributed by atoms with E-state index in [4.69, 9.17) is 16.3 Å². The molecule has 0 unspecified atom stereocenters. The third kappa shape index (κ3) is 6.49. The van der Waals surface area contributed by atoms with Crippen molar-refractivity contribution in [3.63, 3.8) is 0 Å². The second kappa shape index (κ2) is 11.4. The third-order valence-corrected chi connectivity index (χ3v) is 5.62. The van der Waals surface area contributed by atoms with Crippen molar-refractivity contribution in [1.82, 2.24) is 20.4 Å².